The third kappa shape index (κ3) is 2.93. The zero-order valence-corrected chi connectivity index (χ0v) is 20.0. The van der Waals surface area contributed by atoms with Crippen LogP contribution in [-0.4, -0.2) is 0 Å². The molecule has 0 bridgehead atoms. The van der Waals surface area contributed by atoms with E-state index in [9.17, 15) is 0 Å². The number of aromatic nitrogens is 1. The summed E-state index contributed by atoms with van der Waals surface area (Å²) in [6.07, 6.45) is 2.03. The van der Waals surface area contributed by atoms with Gasteiger partial charge in [0.05, 0.1) is 11.1 Å². The largest absolute Gasteiger partial charge is 0.454 e. The van der Waals surface area contributed by atoms with Gasteiger partial charge < -0.3 is 4.42 Å². The summed E-state index contributed by atoms with van der Waals surface area (Å²) in [7, 11) is 2.03. The fourth-order valence-corrected chi connectivity index (χ4v) is 5.59. The van der Waals surface area contributed by atoms with Crippen molar-refractivity contribution < 1.29 is 13.4 Å². The monoisotopic (exact) mass is 468 g/mol. The van der Waals surface area contributed by atoms with Crippen molar-refractivity contribution in [1.29, 1.82) is 0 Å². The minimum Gasteiger partial charge on any atom is -0.454 e. The fourth-order valence-electron chi connectivity index (χ4n) is 5.59. The summed E-state index contributed by atoms with van der Waals surface area (Å²) < 4.78 is 24.5. The Morgan fingerprint density at radius 1 is 0.639 bits per heavy atom. The zero-order chi connectivity index (χ0) is 24.4. The Hall–Kier alpha value is -4.50. The lowest BCUT2D eigenvalue weighted by Gasteiger charge is -2.12. The SMILES string of the molecule is Cc1ccc2c(oc3c(-c4cc5ccccc5c5ccccc45)c(F)ccc32)c1-c1cccc[n+]1C. The maximum absolute atomic E-state index is 15.8. The first-order valence-corrected chi connectivity index (χ1v) is 12.1. The third-order valence-electron chi connectivity index (χ3n) is 7.32. The third-order valence-corrected chi connectivity index (χ3v) is 7.32. The molecule has 0 N–H and O–H groups in total. The number of rotatable bonds is 2. The fraction of sp³-hybridized carbons (Fsp3) is 0.0606. The van der Waals surface area contributed by atoms with E-state index in [1.54, 1.807) is 6.07 Å². The molecule has 2 nitrogen and oxygen atoms in total. The van der Waals surface area contributed by atoms with Crippen LogP contribution in [-0.2, 0) is 7.05 Å². The van der Waals surface area contributed by atoms with Gasteiger partial charge in [-0.25, -0.2) is 8.96 Å². The standard InChI is InChI=1S/C33H23FNO/c1-20-14-15-25-26-16-17-28(34)31(33(26)36-32(25)30(20)29-13-7-8-18-35(29)2)27-19-21-9-3-4-10-22(21)23-11-5-6-12-24(23)27/h3-19H,1-2H3/q+1. The van der Waals surface area contributed by atoms with Crippen LogP contribution in [0.4, 0.5) is 4.39 Å². The molecule has 0 fully saturated rings. The Morgan fingerprint density at radius 2 is 1.31 bits per heavy atom. The van der Waals surface area contributed by atoms with Gasteiger partial charge >= 0.3 is 0 Å². The summed E-state index contributed by atoms with van der Waals surface area (Å²) >= 11 is 0. The molecule has 36 heavy (non-hydrogen) atoms. The Bertz CT molecular complexity index is 1980. The highest BCUT2D eigenvalue weighted by Crippen LogP contribution is 2.44. The van der Waals surface area contributed by atoms with Crippen LogP contribution in [0.3, 0.4) is 0 Å². The Kier molecular flexibility index (Phi) is 4.49. The summed E-state index contributed by atoms with van der Waals surface area (Å²) in [5.74, 6) is -0.287. The second-order valence-electron chi connectivity index (χ2n) is 9.42. The molecule has 0 unspecified atom stereocenters. The van der Waals surface area contributed by atoms with Crippen LogP contribution in [0.15, 0.2) is 108 Å². The molecule has 2 heterocycles. The van der Waals surface area contributed by atoms with Crippen molar-refractivity contribution in [1.82, 2.24) is 0 Å². The van der Waals surface area contributed by atoms with Crippen LogP contribution in [0.5, 0.6) is 0 Å². The number of furan rings is 1. The van der Waals surface area contributed by atoms with E-state index in [1.807, 2.05) is 55.7 Å². The zero-order valence-electron chi connectivity index (χ0n) is 20.0. The molecule has 2 aromatic heterocycles. The topological polar surface area (TPSA) is 17.0 Å². The maximum Gasteiger partial charge on any atom is 0.216 e. The predicted octanol–water partition coefficient (Wildman–Crippen LogP) is 8.50. The normalized spacial score (nSPS) is 11.8. The number of fused-ring (bicyclic) bond motifs is 6. The van der Waals surface area contributed by atoms with E-state index in [4.69, 9.17) is 4.42 Å². The molecule has 0 radical (unpaired) electrons. The number of pyridine rings is 1. The van der Waals surface area contributed by atoms with E-state index in [2.05, 4.69) is 60.0 Å². The van der Waals surface area contributed by atoms with Crippen molar-refractivity contribution in [2.45, 2.75) is 6.92 Å². The molecule has 0 aliphatic rings. The molecular weight excluding hydrogens is 445 g/mol. The quantitative estimate of drug-likeness (QED) is 0.184. The number of halogens is 1. The Balaban J connectivity index is 1.63. The van der Waals surface area contributed by atoms with Crippen LogP contribution < -0.4 is 4.57 Å². The molecule has 0 amide bonds. The average Bonchev–Trinajstić information content (AvgIpc) is 3.27. The first-order chi connectivity index (χ1) is 17.6. The number of hydrogen-bond donors (Lipinski definition) is 0. The minimum absolute atomic E-state index is 0.287. The van der Waals surface area contributed by atoms with Gasteiger partial charge in [0, 0.05) is 22.9 Å². The highest BCUT2D eigenvalue weighted by Gasteiger charge is 2.24. The van der Waals surface area contributed by atoms with E-state index >= 15 is 4.39 Å². The summed E-state index contributed by atoms with van der Waals surface area (Å²) in [5, 5.41) is 6.24. The van der Waals surface area contributed by atoms with Crippen molar-refractivity contribution >= 4 is 43.5 Å². The molecule has 3 heteroatoms. The maximum atomic E-state index is 15.8. The molecule has 172 valence electrons. The van der Waals surface area contributed by atoms with Crippen molar-refractivity contribution in [3.8, 4) is 22.4 Å². The molecule has 7 aromatic rings. The molecule has 7 rings (SSSR count). The van der Waals surface area contributed by atoms with Gasteiger partial charge in [0.25, 0.3) is 0 Å². The minimum atomic E-state index is -0.287. The number of aryl methyl sites for hydroxylation is 2. The van der Waals surface area contributed by atoms with Gasteiger partial charge in [-0.1, -0.05) is 60.7 Å². The average molecular weight is 469 g/mol. The van der Waals surface area contributed by atoms with Gasteiger partial charge in [-0.05, 0) is 63.9 Å². The second-order valence-corrected chi connectivity index (χ2v) is 9.42. The van der Waals surface area contributed by atoms with Gasteiger partial charge in [-0.3, -0.25) is 0 Å². The second kappa shape index (κ2) is 7.76. The lowest BCUT2D eigenvalue weighted by Crippen LogP contribution is -2.30. The molecule has 5 aromatic carbocycles. The van der Waals surface area contributed by atoms with Crippen molar-refractivity contribution in [3.05, 3.63) is 115 Å². The van der Waals surface area contributed by atoms with E-state index in [1.165, 1.54) is 0 Å². The smallest absolute Gasteiger partial charge is 0.216 e. The van der Waals surface area contributed by atoms with Gasteiger partial charge in [0.15, 0.2) is 6.20 Å². The highest BCUT2D eigenvalue weighted by atomic mass is 19.1. The summed E-state index contributed by atoms with van der Waals surface area (Å²) in [6.45, 7) is 2.09. The molecule has 0 spiro atoms. The lowest BCUT2D eigenvalue weighted by atomic mass is 9.92. The predicted molar refractivity (Wildman–Crippen MR) is 145 cm³/mol. The summed E-state index contributed by atoms with van der Waals surface area (Å²) in [4.78, 5) is 0. The molecular formula is C33H23FNO+. The van der Waals surface area contributed by atoms with Gasteiger partial charge in [0.2, 0.25) is 5.69 Å². The molecule has 0 atom stereocenters. The van der Waals surface area contributed by atoms with E-state index in [0.717, 1.165) is 60.3 Å². The summed E-state index contributed by atoms with van der Waals surface area (Å²) in [5.41, 5.74) is 5.90. The van der Waals surface area contributed by atoms with Crippen LogP contribution >= 0.6 is 0 Å². The van der Waals surface area contributed by atoms with Crippen LogP contribution in [0, 0.1) is 12.7 Å². The van der Waals surface area contributed by atoms with E-state index < -0.39 is 0 Å². The van der Waals surface area contributed by atoms with Crippen LogP contribution in [0.1, 0.15) is 5.56 Å². The van der Waals surface area contributed by atoms with Gasteiger partial charge in [0.1, 0.15) is 24.0 Å². The van der Waals surface area contributed by atoms with E-state index in [-0.39, 0.29) is 5.82 Å². The van der Waals surface area contributed by atoms with Crippen molar-refractivity contribution in [2.24, 2.45) is 7.05 Å². The number of benzene rings is 5. The Labute approximate surface area is 207 Å². The lowest BCUT2D eigenvalue weighted by molar-refractivity contribution is -0.660. The Morgan fingerprint density at radius 3 is 2.11 bits per heavy atom. The van der Waals surface area contributed by atoms with Crippen molar-refractivity contribution in [3.63, 3.8) is 0 Å². The van der Waals surface area contributed by atoms with E-state index in [0.29, 0.717) is 11.1 Å². The highest BCUT2D eigenvalue weighted by molar-refractivity contribution is 6.18. The molecule has 0 saturated heterocycles. The first kappa shape index (κ1) is 20.8. The molecule has 0 aliphatic heterocycles. The van der Waals surface area contributed by atoms with Gasteiger partial charge in [-0.15, -0.1) is 0 Å². The van der Waals surface area contributed by atoms with Crippen LogP contribution in [0.25, 0.3) is 65.9 Å². The number of hydrogen-bond acceptors (Lipinski definition) is 1. The van der Waals surface area contributed by atoms with Gasteiger partial charge in [-0.2, -0.15) is 0 Å². The number of nitrogens with zero attached hydrogens (tertiary/aromatic N) is 1. The summed E-state index contributed by atoms with van der Waals surface area (Å²) in [6, 6.07) is 32.3. The van der Waals surface area contributed by atoms with Crippen molar-refractivity contribution in [2.75, 3.05) is 0 Å². The molecule has 0 saturated carbocycles. The molecule has 0 aliphatic carbocycles. The first-order valence-electron chi connectivity index (χ1n) is 12.1. The van der Waals surface area contributed by atoms with Crippen LogP contribution in [0.2, 0.25) is 0 Å².